The normalized spacial score (nSPS) is 12.5. The molecule has 158 valence electrons. The van der Waals surface area contributed by atoms with E-state index in [1.165, 1.54) is 16.7 Å². The van der Waals surface area contributed by atoms with Gasteiger partial charge in [-0.2, -0.15) is 0 Å². The van der Waals surface area contributed by atoms with Crippen LogP contribution in [0.1, 0.15) is 30.5 Å². The predicted octanol–water partition coefficient (Wildman–Crippen LogP) is 5.14. The van der Waals surface area contributed by atoms with Gasteiger partial charge < -0.3 is 9.16 Å². The second-order valence-electron chi connectivity index (χ2n) is 9.00. The van der Waals surface area contributed by atoms with Crippen LogP contribution in [0.3, 0.4) is 0 Å². The number of hydrogen-bond donors (Lipinski definition) is 0. The first-order chi connectivity index (χ1) is 14.5. The molecule has 0 saturated heterocycles. The van der Waals surface area contributed by atoms with Crippen molar-refractivity contribution in [2.24, 2.45) is 5.41 Å². The highest BCUT2D eigenvalue weighted by molar-refractivity contribution is 6.32. The van der Waals surface area contributed by atoms with E-state index in [9.17, 15) is 0 Å². The van der Waals surface area contributed by atoms with Gasteiger partial charge in [-0.25, -0.2) is 0 Å². The summed E-state index contributed by atoms with van der Waals surface area (Å²) in [6.07, 6.45) is 1.88. The zero-order valence-electron chi connectivity index (χ0n) is 18.5. The molecule has 0 bridgehead atoms. The van der Waals surface area contributed by atoms with Crippen LogP contribution in [-0.4, -0.2) is 30.1 Å². The van der Waals surface area contributed by atoms with Crippen LogP contribution in [0.5, 0.6) is 0 Å². The van der Waals surface area contributed by atoms with E-state index >= 15 is 0 Å². The van der Waals surface area contributed by atoms with Crippen molar-refractivity contribution < 1.29 is 9.16 Å². The first kappa shape index (κ1) is 22.5. The fourth-order valence-electron chi connectivity index (χ4n) is 4.17. The van der Waals surface area contributed by atoms with E-state index in [2.05, 4.69) is 105 Å². The zero-order chi connectivity index (χ0) is 21.3. The summed E-state index contributed by atoms with van der Waals surface area (Å²) < 4.78 is 12.3. The van der Waals surface area contributed by atoms with Gasteiger partial charge in [0.2, 0.25) is 0 Å². The minimum Gasteiger partial charge on any atom is -0.422 e. The Kier molecular flexibility index (Phi) is 8.03. The molecule has 3 heteroatoms. The van der Waals surface area contributed by atoms with Gasteiger partial charge in [0.05, 0.1) is 6.61 Å². The SMILES string of the molecule is COCC(CO[SiH2]C(C)(C)c1ccccc1)(Cc1ccccc1)Cc1ccccc1. The molecule has 30 heavy (non-hydrogen) atoms. The van der Waals surface area contributed by atoms with E-state index in [-0.39, 0.29) is 10.5 Å². The van der Waals surface area contributed by atoms with Crippen molar-refractivity contribution in [1.29, 1.82) is 0 Å². The van der Waals surface area contributed by atoms with E-state index in [4.69, 9.17) is 9.16 Å². The van der Waals surface area contributed by atoms with Crippen molar-refractivity contribution in [1.82, 2.24) is 0 Å². The number of ether oxygens (including phenoxy) is 1. The van der Waals surface area contributed by atoms with Crippen molar-refractivity contribution in [3.63, 3.8) is 0 Å². The lowest BCUT2D eigenvalue weighted by molar-refractivity contribution is 0.0379. The minimum atomic E-state index is -0.790. The molecule has 0 aromatic heterocycles. The second kappa shape index (κ2) is 10.7. The largest absolute Gasteiger partial charge is 0.422 e. The van der Waals surface area contributed by atoms with Crippen molar-refractivity contribution >= 4 is 9.76 Å². The first-order valence-corrected chi connectivity index (χ1v) is 12.0. The Bertz CT molecular complexity index is 822. The van der Waals surface area contributed by atoms with Crippen LogP contribution < -0.4 is 0 Å². The maximum absolute atomic E-state index is 6.57. The van der Waals surface area contributed by atoms with Crippen LogP contribution in [0.2, 0.25) is 0 Å². The predicted molar refractivity (Wildman–Crippen MR) is 129 cm³/mol. The minimum absolute atomic E-state index is 0.0861. The molecule has 0 saturated carbocycles. The lowest BCUT2D eigenvalue weighted by Crippen LogP contribution is -2.39. The van der Waals surface area contributed by atoms with Gasteiger partial charge in [0.1, 0.15) is 0 Å². The molecule has 0 unspecified atom stereocenters. The second-order valence-corrected chi connectivity index (χ2v) is 11.5. The van der Waals surface area contributed by atoms with Gasteiger partial charge in [-0.05, 0) is 29.5 Å². The van der Waals surface area contributed by atoms with Crippen molar-refractivity contribution in [3.05, 3.63) is 108 Å². The number of rotatable bonds is 11. The van der Waals surface area contributed by atoms with E-state index in [1.54, 1.807) is 7.11 Å². The first-order valence-electron chi connectivity index (χ1n) is 10.7. The van der Waals surface area contributed by atoms with Gasteiger partial charge >= 0.3 is 0 Å². The summed E-state index contributed by atoms with van der Waals surface area (Å²) in [5.41, 5.74) is 3.94. The Hall–Kier alpha value is -2.20. The quantitative estimate of drug-likeness (QED) is 0.401. The van der Waals surface area contributed by atoms with Crippen LogP contribution in [0.4, 0.5) is 0 Å². The Morgan fingerprint density at radius 1 is 0.667 bits per heavy atom. The third-order valence-electron chi connectivity index (χ3n) is 5.72. The molecule has 0 spiro atoms. The highest BCUT2D eigenvalue weighted by atomic mass is 28.2. The summed E-state index contributed by atoms with van der Waals surface area (Å²) in [5.74, 6) is 0. The van der Waals surface area contributed by atoms with Crippen molar-refractivity contribution in [3.8, 4) is 0 Å². The van der Waals surface area contributed by atoms with Gasteiger partial charge in [0.25, 0.3) is 0 Å². The molecule has 2 nitrogen and oxygen atoms in total. The molecule has 0 aliphatic heterocycles. The Balaban J connectivity index is 1.78. The Morgan fingerprint density at radius 3 is 1.60 bits per heavy atom. The molecular weight excluding hydrogens is 384 g/mol. The maximum Gasteiger partial charge on any atom is 0.171 e. The third-order valence-corrected chi connectivity index (χ3v) is 7.26. The van der Waals surface area contributed by atoms with Gasteiger partial charge in [-0.3, -0.25) is 0 Å². The summed E-state index contributed by atoms with van der Waals surface area (Å²) in [6, 6.07) is 32.2. The van der Waals surface area contributed by atoms with Crippen LogP contribution >= 0.6 is 0 Å². The molecule has 0 N–H and O–H groups in total. The van der Waals surface area contributed by atoms with E-state index < -0.39 is 9.76 Å². The fourth-order valence-corrected chi connectivity index (χ4v) is 5.62. The monoisotopic (exact) mass is 418 g/mol. The van der Waals surface area contributed by atoms with Crippen molar-refractivity contribution in [2.75, 3.05) is 20.3 Å². The maximum atomic E-state index is 6.57. The van der Waals surface area contributed by atoms with Crippen LogP contribution in [0.15, 0.2) is 91.0 Å². The average molecular weight is 419 g/mol. The third kappa shape index (κ3) is 6.40. The molecule has 3 aromatic carbocycles. The number of hydrogen-bond acceptors (Lipinski definition) is 2. The van der Waals surface area contributed by atoms with Crippen molar-refractivity contribution in [2.45, 2.75) is 31.7 Å². The summed E-state index contributed by atoms with van der Waals surface area (Å²) in [6.45, 7) is 6.01. The highest BCUT2D eigenvalue weighted by Gasteiger charge is 2.33. The molecule has 0 heterocycles. The van der Waals surface area contributed by atoms with E-state index in [0.29, 0.717) is 13.2 Å². The lowest BCUT2D eigenvalue weighted by Gasteiger charge is -2.35. The molecule has 0 aliphatic rings. The van der Waals surface area contributed by atoms with Crippen LogP contribution in [-0.2, 0) is 27.0 Å². The molecule has 0 atom stereocenters. The number of benzene rings is 3. The lowest BCUT2D eigenvalue weighted by atomic mass is 9.78. The van der Waals surface area contributed by atoms with Crippen LogP contribution in [0, 0.1) is 5.41 Å². The van der Waals surface area contributed by atoms with Crippen LogP contribution in [0.25, 0.3) is 0 Å². The topological polar surface area (TPSA) is 18.5 Å². The Labute approximate surface area is 184 Å². The molecule has 0 radical (unpaired) electrons. The molecule has 0 aliphatic carbocycles. The molecule has 3 aromatic rings. The smallest absolute Gasteiger partial charge is 0.171 e. The van der Waals surface area contributed by atoms with Gasteiger partial charge in [0, 0.05) is 24.2 Å². The molecule has 0 fully saturated rings. The summed E-state index contributed by atoms with van der Waals surface area (Å²) in [4.78, 5) is 0. The standard InChI is InChI=1S/C27H34O2Si/c1-26(2,25-17-11-6-12-18-25)30-29-22-27(21-28-3,19-23-13-7-4-8-14-23)20-24-15-9-5-10-16-24/h4-18H,19-22,30H2,1-3H3. The summed E-state index contributed by atoms with van der Waals surface area (Å²) in [5, 5.41) is 0.0968. The van der Waals surface area contributed by atoms with Gasteiger partial charge in [-0.1, -0.05) is 105 Å². The molecular formula is C27H34O2Si. The Morgan fingerprint density at radius 2 is 1.13 bits per heavy atom. The zero-order valence-corrected chi connectivity index (χ0v) is 19.9. The molecule has 3 rings (SSSR count). The van der Waals surface area contributed by atoms with Gasteiger partial charge in [0.15, 0.2) is 9.76 Å². The summed E-state index contributed by atoms with van der Waals surface area (Å²) >= 11 is 0. The highest BCUT2D eigenvalue weighted by Crippen LogP contribution is 2.30. The van der Waals surface area contributed by atoms with Gasteiger partial charge in [-0.15, -0.1) is 0 Å². The van der Waals surface area contributed by atoms with E-state index in [0.717, 1.165) is 12.8 Å². The van der Waals surface area contributed by atoms with E-state index in [1.807, 2.05) is 0 Å². The average Bonchev–Trinajstić information content (AvgIpc) is 2.76. The fraction of sp³-hybridized carbons (Fsp3) is 0.333. The summed E-state index contributed by atoms with van der Waals surface area (Å²) in [7, 11) is 1.01. The number of methoxy groups -OCH3 is 1. The molecule has 0 amide bonds.